The average molecular weight is 334 g/mol. The maximum Gasteiger partial charge on any atom is 0.252 e. The van der Waals surface area contributed by atoms with Gasteiger partial charge in [0, 0.05) is 18.3 Å². The molecule has 3 rings (SSSR count). The number of nitrogens with zero attached hydrogens (tertiary/aromatic N) is 1. The van der Waals surface area contributed by atoms with Gasteiger partial charge in [-0.2, -0.15) is 0 Å². The molecular formula is C17H26N4O3. The average Bonchev–Trinajstić information content (AvgIpc) is 2.92. The largest absolute Gasteiger partial charge is 0.393 e. The number of nitrogens with one attached hydrogen (secondary N) is 2. The zero-order valence-corrected chi connectivity index (χ0v) is 13.7. The van der Waals surface area contributed by atoms with Crippen LogP contribution in [0.5, 0.6) is 0 Å². The number of pyridine rings is 1. The van der Waals surface area contributed by atoms with Crippen LogP contribution in [0.1, 0.15) is 55.3 Å². The van der Waals surface area contributed by atoms with Crippen LogP contribution in [0.2, 0.25) is 0 Å². The molecule has 0 spiro atoms. The quantitative estimate of drug-likeness (QED) is 0.552. The summed E-state index contributed by atoms with van der Waals surface area (Å²) in [4.78, 5) is 15.9. The van der Waals surface area contributed by atoms with E-state index in [1.807, 2.05) is 0 Å². The van der Waals surface area contributed by atoms with E-state index in [-0.39, 0.29) is 24.3 Å². The number of aliphatic hydroxyl groups excluding tert-OH is 2. The Bertz CT molecular complexity index is 595. The highest BCUT2D eigenvalue weighted by Gasteiger charge is 2.26. The molecule has 2 fully saturated rings. The van der Waals surface area contributed by atoms with Crippen LogP contribution >= 0.6 is 0 Å². The van der Waals surface area contributed by atoms with E-state index in [9.17, 15) is 15.0 Å². The van der Waals surface area contributed by atoms with Gasteiger partial charge in [0.15, 0.2) is 0 Å². The van der Waals surface area contributed by atoms with E-state index in [1.54, 1.807) is 6.07 Å². The number of anilines is 2. The molecule has 0 aromatic carbocycles. The van der Waals surface area contributed by atoms with Gasteiger partial charge in [-0.25, -0.2) is 4.98 Å². The highest BCUT2D eigenvalue weighted by atomic mass is 16.3. The van der Waals surface area contributed by atoms with Gasteiger partial charge < -0.3 is 26.6 Å². The molecule has 6 N–H and O–H groups in total. The summed E-state index contributed by atoms with van der Waals surface area (Å²) in [5, 5.41) is 26.3. The lowest BCUT2D eigenvalue weighted by Crippen LogP contribution is -2.31. The molecule has 0 saturated heterocycles. The van der Waals surface area contributed by atoms with Crippen molar-refractivity contribution in [3.8, 4) is 0 Å². The summed E-state index contributed by atoms with van der Waals surface area (Å²) in [5.74, 6) is 0.0821. The summed E-state index contributed by atoms with van der Waals surface area (Å²) < 4.78 is 0. The highest BCUT2D eigenvalue weighted by molar-refractivity contribution is 5.98. The van der Waals surface area contributed by atoms with Crippen molar-refractivity contribution in [2.24, 2.45) is 5.73 Å². The van der Waals surface area contributed by atoms with Crippen LogP contribution in [0.15, 0.2) is 12.3 Å². The van der Waals surface area contributed by atoms with Gasteiger partial charge in [-0.3, -0.25) is 4.79 Å². The number of nitrogens with two attached hydrogens (primary N) is 1. The van der Waals surface area contributed by atoms with Crippen LogP contribution in [-0.2, 0) is 0 Å². The van der Waals surface area contributed by atoms with E-state index in [0.29, 0.717) is 23.5 Å². The molecule has 1 amide bonds. The third-order valence-electron chi connectivity index (χ3n) is 4.99. The van der Waals surface area contributed by atoms with Gasteiger partial charge in [-0.05, 0) is 44.9 Å². The topological polar surface area (TPSA) is 121 Å². The molecule has 1 aromatic rings. The Kier molecular flexibility index (Phi) is 5.20. The lowest BCUT2D eigenvalue weighted by molar-refractivity contribution is 0.100. The zero-order valence-electron chi connectivity index (χ0n) is 13.7. The van der Waals surface area contributed by atoms with Crippen LogP contribution in [-0.4, -0.2) is 45.4 Å². The highest BCUT2D eigenvalue weighted by Crippen LogP contribution is 2.27. The van der Waals surface area contributed by atoms with E-state index in [0.717, 1.165) is 38.5 Å². The molecule has 2 aliphatic rings. The number of hydrogen-bond donors (Lipinski definition) is 5. The fourth-order valence-corrected chi connectivity index (χ4v) is 3.66. The first-order valence-corrected chi connectivity index (χ1v) is 8.72. The van der Waals surface area contributed by atoms with E-state index < -0.39 is 5.91 Å². The maximum atomic E-state index is 11.7. The SMILES string of the molecule is NC(=O)c1cnc(NC2CCCC2O)cc1NC1CCCC(O)C1. The molecule has 2 aliphatic carbocycles. The van der Waals surface area contributed by atoms with Crippen molar-refractivity contribution in [2.75, 3.05) is 10.6 Å². The van der Waals surface area contributed by atoms with E-state index >= 15 is 0 Å². The molecule has 1 heterocycles. The second-order valence-corrected chi connectivity index (χ2v) is 6.89. The molecule has 4 atom stereocenters. The Hall–Kier alpha value is -1.86. The Labute approximate surface area is 141 Å². The number of aromatic nitrogens is 1. The molecule has 7 heteroatoms. The Balaban J connectivity index is 1.76. The van der Waals surface area contributed by atoms with E-state index in [1.165, 1.54) is 6.20 Å². The molecule has 1 aromatic heterocycles. The molecule has 2 saturated carbocycles. The number of amides is 1. The van der Waals surface area contributed by atoms with E-state index in [2.05, 4.69) is 15.6 Å². The van der Waals surface area contributed by atoms with Crippen molar-refractivity contribution in [2.45, 2.75) is 69.2 Å². The van der Waals surface area contributed by atoms with Crippen molar-refractivity contribution >= 4 is 17.4 Å². The fraction of sp³-hybridized carbons (Fsp3) is 0.647. The van der Waals surface area contributed by atoms with Crippen molar-refractivity contribution in [3.05, 3.63) is 17.8 Å². The van der Waals surface area contributed by atoms with E-state index in [4.69, 9.17) is 5.73 Å². The van der Waals surface area contributed by atoms with Gasteiger partial charge in [0.25, 0.3) is 5.91 Å². The molecule has 0 radical (unpaired) electrons. The number of aliphatic hydroxyl groups is 2. The Morgan fingerprint density at radius 2 is 1.96 bits per heavy atom. The van der Waals surface area contributed by atoms with Gasteiger partial charge in [0.2, 0.25) is 0 Å². The fourth-order valence-electron chi connectivity index (χ4n) is 3.66. The predicted octanol–water partition coefficient (Wildman–Crippen LogP) is 1.22. The minimum Gasteiger partial charge on any atom is -0.393 e. The van der Waals surface area contributed by atoms with Crippen molar-refractivity contribution in [1.82, 2.24) is 4.98 Å². The van der Waals surface area contributed by atoms with Crippen molar-refractivity contribution in [1.29, 1.82) is 0 Å². The smallest absolute Gasteiger partial charge is 0.252 e. The lowest BCUT2D eigenvalue weighted by atomic mass is 9.92. The molecule has 0 bridgehead atoms. The van der Waals surface area contributed by atoms with Crippen LogP contribution in [0.4, 0.5) is 11.5 Å². The zero-order chi connectivity index (χ0) is 17.1. The molecule has 132 valence electrons. The summed E-state index contributed by atoms with van der Waals surface area (Å²) in [6, 6.07) is 1.87. The molecular weight excluding hydrogens is 308 g/mol. The standard InChI is InChI=1S/C17H26N4O3/c18-17(24)12-9-19-16(21-13-5-2-6-15(13)23)8-14(12)20-10-3-1-4-11(22)7-10/h8-11,13,15,22-23H,1-7H2,(H2,18,24)(H2,19,20,21). The first kappa shape index (κ1) is 17.0. The van der Waals surface area contributed by atoms with Crippen molar-refractivity contribution in [3.63, 3.8) is 0 Å². The Morgan fingerprint density at radius 3 is 2.62 bits per heavy atom. The number of carbonyl (C=O) groups is 1. The minimum atomic E-state index is -0.534. The maximum absolute atomic E-state index is 11.7. The minimum absolute atomic E-state index is 0.0127. The third-order valence-corrected chi connectivity index (χ3v) is 4.99. The second-order valence-electron chi connectivity index (χ2n) is 6.89. The van der Waals surface area contributed by atoms with Crippen LogP contribution in [0.3, 0.4) is 0 Å². The third kappa shape index (κ3) is 3.96. The van der Waals surface area contributed by atoms with Crippen LogP contribution in [0, 0.1) is 0 Å². The predicted molar refractivity (Wildman–Crippen MR) is 91.9 cm³/mol. The van der Waals surface area contributed by atoms with Gasteiger partial charge in [0.1, 0.15) is 5.82 Å². The number of hydrogen-bond acceptors (Lipinski definition) is 6. The van der Waals surface area contributed by atoms with Gasteiger partial charge in [-0.15, -0.1) is 0 Å². The molecule has 0 aliphatic heterocycles. The summed E-state index contributed by atoms with van der Waals surface area (Å²) in [6.45, 7) is 0. The molecule has 24 heavy (non-hydrogen) atoms. The monoisotopic (exact) mass is 334 g/mol. The number of primary amides is 1. The van der Waals surface area contributed by atoms with Gasteiger partial charge >= 0.3 is 0 Å². The van der Waals surface area contributed by atoms with Crippen LogP contribution < -0.4 is 16.4 Å². The summed E-state index contributed by atoms with van der Waals surface area (Å²) in [5.41, 5.74) is 6.43. The molecule has 4 unspecified atom stereocenters. The Morgan fingerprint density at radius 1 is 1.17 bits per heavy atom. The lowest BCUT2D eigenvalue weighted by Gasteiger charge is -2.28. The number of rotatable bonds is 5. The first-order chi connectivity index (χ1) is 11.5. The normalized spacial score (nSPS) is 30.1. The first-order valence-electron chi connectivity index (χ1n) is 8.72. The second kappa shape index (κ2) is 7.36. The summed E-state index contributed by atoms with van der Waals surface area (Å²) in [6.07, 6.45) is 6.86. The van der Waals surface area contributed by atoms with Crippen LogP contribution in [0.25, 0.3) is 0 Å². The van der Waals surface area contributed by atoms with Gasteiger partial charge in [-0.1, -0.05) is 0 Å². The number of carbonyl (C=O) groups excluding carboxylic acids is 1. The summed E-state index contributed by atoms with van der Waals surface area (Å²) in [7, 11) is 0. The van der Waals surface area contributed by atoms with Gasteiger partial charge in [0.05, 0.1) is 29.5 Å². The molecule has 7 nitrogen and oxygen atoms in total. The van der Waals surface area contributed by atoms with Crippen molar-refractivity contribution < 1.29 is 15.0 Å². The summed E-state index contributed by atoms with van der Waals surface area (Å²) >= 11 is 0.